The van der Waals surface area contributed by atoms with E-state index in [1.54, 1.807) is 12.1 Å². The van der Waals surface area contributed by atoms with E-state index in [1.807, 2.05) is 4.90 Å². The molecule has 1 saturated carbocycles. The van der Waals surface area contributed by atoms with Crippen molar-refractivity contribution in [2.24, 2.45) is 5.92 Å². The molecule has 2 heterocycles. The van der Waals surface area contributed by atoms with Gasteiger partial charge in [0.1, 0.15) is 11.9 Å². The molecule has 0 spiro atoms. The van der Waals surface area contributed by atoms with Crippen LogP contribution in [-0.4, -0.2) is 27.5 Å². The van der Waals surface area contributed by atoms with Crippen LogP contribution in [0.5, 0.6) is 0 Å². The van der Waals surface area contributed by atoms with Crippen molar-refractivity contribution in [3.8, 4) is 0 Å². The first-order valence-corrected chi connectivity index (χ1v) is 8.58. The first-order valence-electron chi connectivity index (χ1n) is 8.58. The third-order valence-electron chi connectivity index (χ3n) is 5.03. The molecule has 1 atom stereocenters. The maximum absolute atomic E-state index is 13.0. The molecule has 2 fully saturated rings. The zero-order chi connectivity index (χ0) is 16.5. The van der Waals surface area contributed by atoms with Gasteiger partial charge in [-0.1, -0.05) is 23.7 Å². The van der Waals surface area contributed by atoms with E-state index < -0.39 is 0 Å². The summed E-state index contributed by atoms with van der Waals surface area (Å²) in [5, 5.41) is 4.03. The Bertz CT molecular complexity index is 724. The highest BCUT2D eigenvalue weighted by atomic mass is 19.1. The lowest BCUT2D eigenvalue weighted by molar-refractivity contribution is -0.139. The standard InChI is InChI=1S/C18H20FN3O2/c19-14-8-6-12(7-9-14)11-16-20-17(24-21-16)15-5-2-10-22(15)18(23)13-3-1-4-13/h6-9,13,15H,1-5,10-11H2. The Kier molecular flexibility index (Phi) is 4.04. The van der Waals surface area contributed by atoms with Crippen molar-refractivity contribution in [2.45, 2.75) is 44.6 Å². The SMILES string of the molecule is O=C(C1CCC1)N1CCCC1c1nc(Cc2ccc(F)cc2)no1. The monoisotopic (exact) mass is 329 g/mol. The number of carbonyl (C=O) groups is 1. The van der Waals surface area contributed by atoms with E-state index in [-0.39, 0.29) is 23.7 Å². The predicted octanol–water partition coefficient (Wildman–Crippen LogP) is 3.26. The molecule has 1 amide bonds. The van der Waals surface area contributed by atoms with Crippen LogP contribution in [0.2, 0.25) is 0 Å². The van der Waals surface area contributed by atoms with Gasteiger partial charge in [-0.2, -0.15) is 4.98 Å². The number of benzene rings is 1. The lowest BCUT2D eigenvalue weighted by atomic mass is 9.84. The number of likely N-dealkylation sites (tertiary alicyclic amines) is 1. The van der Waals surface area contributed by atoms with Crippen molar-refractivity contribution >= 4 is 5.91 Å². The molecule has 4 rings (SSSR count). The summed E-state index contributed by atoms with van der Waals surface area (Å²) in [6.07, 6.45) is 5.49. The van der Waals surface area contributed by atoms with E-state index in [0.29, 0.717) is 18.1 Å². The Hall–Kier alpha value is -2.24. The van der Waals surface area contributed by atoms with E-state index in [9.17, 15) is 9.18 Å². The number of carbonyl (C=O) groups excluding carboxylic acids is 1. The number of amides is 1. The van der Waals surface area contributed by atoms with Gasteiger partial charge in [0.05, 0.1) is 0 Å². The molecular weight excluding hydrogens is 309 g/mol. The van der Waals surface area contributed by atoms with Crippen LogP contribution in [-0.2, 0) is 11.2 Å². The van der Waals surface area contributed by atoms with Gasteiger partial charge in [0.15, 0.2) is 5.82 Å². The largest absolute Gasteiger partial charge is 0.337 e. The summed E-state index contributed by atoms with van der Waals surface area (Å²) in [5.74, 6) is 1.26. The molecule has 0 radical (unpaired) electrons. The van der Waals surface area contributed by atoms with Crippen molar-refractivity contribution in [3.63, 3.8) is 0 Å². The third-order valence-corrected chi connectivity index (χ3v) is 5.03. The van der Waals surface area contributed by atoms with Crippen LogP contribution in [0.4, 0.5) is 4.39 Å². The van der Waals surface area contributed by atoms with E-state index in [4.69, 9.17) is 4.52 Å². The van der Waals surface area contributed by atoms with Gasteiger partial charge in [-0.15, -0.1) is 0 Å². The number of hydrogen-bond donors (Lipinski definition) is 0. The molecule has 6 heteroatoms. The average molecular weight is 329 g/mol. The summed E-state index contributed by atoms with van der Waals surface area (Å²) in [7, 11) is 0. The van der Waals surface area contributed by atoms with E-state index >= 15 is 0 Å². The van der Waals surface area contributed by atoms with E-state index in [1.165, 1.54) is 12.1 Å². The van der Waals surface area contributed by atoms with Gasteiger partial charge in [0.25, 0.3) is 0 Å². The molecule has 5 nitrogen and oxygen atoms in total. The van der Waals surface area contributed by atoms with Crippen LogP contribution in [0.1, 0.15) is 55.4 Å². The maximum atomic E-state index is 13.0. The maximum Gasteiger partial charge on any atom is 0.249 e. The van der Waals surface area contributed by atoms with Crippen LogP contribution in [0.3, 0.4) is 0 Å². The Morgan fingerprint density at radius 3 is 2.71 bits per heavy atom. The molecule has 1 saturated heterocycles. The molecule has 0 bridgehead atoms. The minimum absolute atomic E-state index is 0.0902. The van der Waals surface area contributed by atoms with Crippen LogP contribution in [0.25, 0.3) is 0 Å². The lowest BCUT2D eigenvalue weighted by Crippen LogP contribution is -2.38. The highest BCUT2D eigenvalue weighted by Gasteiger charge is 2.38. The van der Waals surface area contributed by atoms with Crippen molar-refractivity contribution in [1.29, 1.82) is 0 Å². The van der Waals surface area contributed by atoms with Crippen molar-refractivity contribution in [3.05, 3.63) is 47.4 Å². The second kappa shape index (κ2) is 6.34. The van der Waals surface area contributed by atoms with Crippen LogP contribution < -0.4 is 0 Å². The van der Waals surface area contributed by atoms with Gasteiger partial charge in [0, 0.05) is 18.9 Å². The normalized spacial score (nSPS) is 21.0. The van der Waals surface area contributed by atoms with Crippen molar-refractivity contribution < 1.29 is 13.7 Å². The van der Waals surface area contributed by atoms with Gasteiger partial charge < -0.3 is 9.42 Å². The van der Waals surface area contributed by atoms with Crippen molar-refractivity contribution in [2.75, 3.05) is 6.54 Å². The fraction of sp³-hybridized carbons (Fsp3) is 0.500. The van der Waals surface area contributed by atoms with Gasteiger partial charge in [-0.05, 0) is 43.4 Å². The smallest absolute Gasteiger partial charge is 0.249 e. The summed E-state index contributed by atoms with van der Waals surface area (Å²) in [5.41, 5.74) is 0.928. The summed E-state index contributed by atoms with van der Waals surface area (Å²) in [4.78, 5) is 18.9. The highest BCUT2D eigenvalue weighted by molar-refractivity contribution is 5.80. The number of halogens is 1. The molecule has 1 unspecified atom stereocenters. The fourth-order valence-electron chi connectivity index (χ4n) is 3.44. The summed E-state index contributed by atoms with van der Waals surface area (Å²) in [6, 6.07) is 6.19. The second-order valence-electron chi connectivity index (χ2n) is 6.67. The summed E-state index contributed by atoms with van der Waals surface area (Å²) in [6.45, 7) is 0.773. The molecule has 1 aliphatic carbocycles. The zero-order valence-corrected chi connectivity index (χ0v) is 13.4. The summed E-state index contributed by atoms with van der Waals surface area (Å²) < 4.78 is 18.4. The molecule has 126 valence electrons. The third kappa shape index (κ3) is 2.92. The summed E-state index contributed by atoms with van der Waals surface area (Å²) >= 11 is 0. The zero-order valence-electron chi connectivity index (χ0n) is 13.4. The van der Waals surface area contributed by atoms with Crippen LogP contribution in [0, 0.1) is 11.7 Å². The minimum atomic E-state index is -0.261. The quantitative estimate of drug-likeness (QED) is 0.864. The van der Waals surface area contributed by atoms with E-state index in [2.05, 4.69) is 10.1 Å². The van der Waals surface area contributed by atoms with Crippen molar-refractivity contribution in [1.82, 2.24) is 15.0 Å². The van der Waals surface area contributed by atoms with Gasteiger partial charge in [-0.25, -0.2) is 4.39 Å². The average Bonchev–Trinajstić information content (AvgIpc) is 3.16. The number of hydrogen-bond acceptors (Lipinski definition) is 4. The number of nitrogens with zero attached hydrogens (tertiary/aromatic N) is 3. The Balaban J connectivity index is 1.47. The Morgan fingerprint density at radius 1 is 1.21 bits per heavy atom. The Labute approximate surface area is 139 Å². The molecule has 24 heavy (non-hydrogen) atoms. The molecule has 2 aliphatic rings. The van der Waals surface area contributed by atoms with Gasteiger partial charge in [0.2, 0.25) is 11.8 Å². The molecule has 0 N–H and O–H groups in total. The molecule has 2 aromatic rings. The second-order valence-corrected chi connectivity index (χ2v) is 6.67. The fourth-order valence-corrected chi connectivity index (χ4v) is 3.44. The first kappa shape index (κ1) is 15.3. The highest BCUT2D eigenvalue weighted by Crippen LogP contribution is 2.36. The van der Waals surface area contributed by atoms with E-state index in [0.717, 1.165) is 44.2 Å². The molecule has 1 aromatic heterocycles. The lowest BCUT2D eigenvalue weighted by Gasteiger charge is -2.31. The minimum Gasteiger partial charge on any atom is -0.337 e. The number of aromatic nitrogens is 2. The van der Waals surface area contributed by atoms with Crippen LogP contribution in [0.15, 0.2) is 28.8 Å². The topological polar surface area (TPSA) is 59.2 Å². The number of rotatable bonds is 4. The molecular formula is C18H20FN3O2. The van der Waals surface area contributed by atoms with Gasteiger partial charge in [-0.3, -0.25) is 4.79 Å². The molecule has 1 aliphatic heterocycles. The predicted molar refractivity (Wildman–Crippen MR) is 84.5 cm³/mol. The van der Waals surface area contributed by atoms with Gasteiger partial charge >= 0.3 is 0 Å². The molecule has 1 aromatic carbocycles. The Morgan fingerprint density at radius 2 is 2.00 bits per heavy atom. The first-order chi connectivity index (χ1) is 11.7. The van der Waals surface area contributed by atoms with Crippen LogP contribution >= 0.6 is 0 Å².